The smallest absolute Gasteiger partial charge is 0.120 e. The van der Waals surface area contributed by atoms with Gasteiger partial charge in [-0.15, -0.1) is 0 Å². The van der Waals surface area contributed by atoms with Crippen LogP contribution in [0.3, 0.4) is 0 Å². The van der Waals surface area contributed by atoms with Crippen molar-refractivity contribution in [2.45, 2.75) is 51.7 Å². The summed E-state index contributed by atoms with van der Waals surface area (Å²) in [6.45, 7) is 10.9. The Morgan fingerprint density at radius 1 is 1.50 bits per heavy atom. The lowest BCUT2D eigenvalue weighted by Crippen LogP contribution is -2.39. The van der Waals surface area contributed by atoms with Crippen molar-refractivity contribution in [3.05, 3.63) is 12.2 Å². The molecule has 0 N–H and O–H groups in total. The Balaban J connectivity index is 2.32. The van der Waals surface area contributed by atoms with Crippen molar-refractivity contribution in [2.75, 3.05) is 0 Å². The van der Waals surface area contributed by atoms with Crippen LogP contribution in [0.15, 0.2) is 12.2 Å². The molecule has 2 rings (SSSR count). The summed E-state index contributed by atoms with van der Waals surface area (Å²) >= 11 is 0. The maximum Gasteiger partial charge on any atom is 0.120 e. The van der Waals surface area contributed by atoms with Crippen LogP contribution in [-0.2, 0) is 4.74 Å². The van der Waals surface area contributed by atoms with Gasteiger partial charge in [-0.1, -0.05) is 20.4 Å². The van der Waals surface area contributed by atoms with Crippen LogP contribution in [0.25, 0.3) is 0 Å². The van der Waals surface area contributed by atoms with Crippen LogP contribution in [0.4, 0.5) is 0 Å². The van der Waals surface area contributed by atoms with Crippen molar-refractivity contribution in [3.8, 4) is 0 Å². The van der Waals surface area contributed by atoms with Crippen molar-refractivity contribution in [3.63, 3.8) is 0 Å². The van der Waals surface area contributed by atoms with Crippen molar-refractivity contribution in [2.24, 2.45) is 5.41 Å². The van der Waals surface area contributed by atoms with Gasteiger partial charge in [-0.05, 0) is 31.8 Å². The van der Waals surface area contributed by atoms with E-state index in [1.807, 2.05) is 0 Å². The summed E-state index contributed by atoms with van der Waals surface area (Å²) in [5.74, 6) is 0. The van der Waals surface area contributed by atoms with E-state index in [4.69, 9.17) is 4.74 Å². The zero-order valence-corrected chi connectivity index (χ0v) is 8.31. The second kappa shape index (κ2) is 2.14. The van der Waals surface area contributed by atoms with Gasteiger partial charge in [-0.3, -0.25) is 0 Å². The Bertz CT molecular complexity index is 229. The predicted octanol–water partition coefficient (Wildman–Crippen LogP) is 2.91. The van der Waals surface area contributed by atoms with E-state index >= 15 is 0 Å². The molecule has 2 fully saturated rings. The number of ether oxygens (including phenoxy) is 1. The van der Waals surface area contributed by atoms with Gasteiger partial charge in [0.1, 0.15) is 5.60 Å². The SMILES string of the molecule is C=C1CCCC(C)(C)C12OC2C. The molecule has 0 bridgehead atoms. The molecule has 0 radical (unpaired) electrons. The molecule has 2 unspecified atom stereocenters. The predicted molar refractivity (Wildman–Crippen MR) is 50.1 cm³/mol. The molecule has 1 saturated heterocycles. The van der Waals surface area contributed by atoms with E-state index in [1.54, 1.807) is 0 Å². The molecule has 1 heterocycles. The van der Waals surface area contributed by atoms with Crippen LogP contribution < -0.4 is 0 Å². The first kappa shape index (κ1) is 8.31. The molecule has 2 aliphatic rings. The largest absolute Gasteiger partial charge is 0.361 e. The number of hydrogen-bond donors (Lipinski definition) is 0. The van der Waals surface area contributed by atoms with E-state index in [0.29, 0.717) is 11.5 Å². The highest BCUT2D eigenvalue weighted by atomic mass is 16.6. The first-order valence-corrected chi connectivity index (χ1v) is 4.87. The minimum atomic E-state index is 0.0469. The molecule has 1 aliphatic heterocycles. The number of epoxide rings is 1. The normalized spacial score (nSPS) is 44.9. The molecule has 0 aromatic heterocycles. The summed E-state index contributed by atoms with van der Waals surface area (Å²) in [7, 11) is 0. The van der Waals surface area contributed by atoms with Crippen molar-refractivity contribution in [1.29, 1.82) is 0 Å². The molecule has 1 aliphatic carbocycles. The Hall–Kier alpha value is -0.300. The van der Waals surface area contributed by atoms with Crippen molar-refractivity contribution in [1.82, 2.24) is 0 Å². The second-order valence-corrected chi connectivity index (χ2v) is 4.84. The monoisotopic (exact) mass is 166 g/mol. The third-order valence-corrected chi connectivity index (χ3v) is 3.69. The fraction of sp³-hybridized carbons (Fsp3) is 0.818. The van der Waals surface area contributed by atoms with Crippen LogP contribution in [0.1, 0.15) is 40.0 Å². The highest BCUT2D eigenvalue weighted by molar-refractivity contribution is 5.31. The van der Waals surface area contributed by atoms with Crippen molar-refractivity contribution < 1.29 is 4.74 Å². The molecule has 1 saturated carbocycles. The van der Waals surface area contributed by atoms with Gasteiger partial charge < -0.3 is 4.74 Å². The highest BCUT2D eigenvalue weighted by Crippen LogP contribution is 2.60. The van der Waals surface area contributed by atoms with E-state index < -0.39 is 0 Å². The van der Waals surface area contributed by atoms with E-state index in [0.717, 1.165) is 6.42 Å². The molecule has 0 aromatic rings. The molecule has 0 aromatic carbocycles. The molecule has 1 heteroatoms. The number of rotatable bonds is 0. The van der Waals surface area contributed by atoms with Crippen LogP contribution >= 0.6 is 0 Å². The summed E-state index contributed by atoms with van der Waals surface area (Å²) in [6, 6.07) is 0. The first-order valence-electron chi connectivity index (χ1n) is 4.87. The van der Waals surface area contributed by atoms with Gasteiger partial charge in [0.05, 0.1) is 6.10 Å². The van der Waals surface area contributed by atoms with Gasteiger partial charge in [-0.25, -0.2) is 0 Å². The van der Waals surface area contributed by atoms with Crippen molar-refractivity contribution >= 4 is 0 Å². The Kier molecular flexibility index (Phi) is 1.48. The maximum atomic E-state index is 5.77. The lowest BCUT2D eigenvalue weighted by molar-refractivity contribution is 0.130. The minimum Gasteiger partial charge on any atom is -0.361 e. The molecule has 1 spiro atoms. The summed E-state index contributed by atoms with van der Waals surface area (Å²) in [6.07, 6.45) is 4.12. The van der Waals surface area contributed by atoms with Crippen LogP contribution in [0.5, 0.6) is 0 Å². The third kappa shape index (κ3) is 0.779. The fourth-order valence-corrected chi connectivity index (χ4v) is 2.92. The molecule has 2 atom stereocenters. The first-order chi connectivity index (χ1) is 5.51. The van der Waals surface area contributed by atoms with E-state index in [1.165, 1.54) is 18.4 Å². The Morgan fingerprint density at radius 3 is 2.42 bits per heavy atom. The van der Waals surface area contributed by atoms with E-state index in [-0.39, 0.29) is 5.60 Å². The van der Waals surface area contributed by atoms with E-state index in [9.17, 15) is 0 Å². The molecular weight excluding hydrogens is 148 g/mol. The van der Waals surface area contributed by atoms with Gasteiger partial charge in [0.2, 0.25) is 0 Å². The average Bonchev–Trinajstić information content (AvgIpc) is 2.60. The van der Waals surface area contributed by atoms with E-state index in [2.05, 4.69) is 27.4 Å². The molecular formula is C11H18O. The lowest BCUT2D eigenvalue weighted by Gasteiger charge is -2.38. The standard InChI is InChI=1S/C11H18O/c1-8-6-5-7-10(3,4)11(8)9(2)12-11/h9H,1,5-7H2,2-4H3. The van der Waals surface area contributed by atoms with Crippen LogP contribution in [0, 0.1) is 5.41 Å². The zero-order chi connectivity index (χ0) is 8.98. The summed E-state index contributed by atoms with van der Waals surface area (Å²) in [5, 5.41) is 0. The third-order valence-electron chi connectivity index (χ3n) is 3.69. The summed E-state index contributed by atoms with van der Waals surface area (Å²) in [4.78, 5) is 0. The molecule has 0 amide bonds. The zero-order valence-electron chi connectivity index (χ0n) is 8.31. The van der Waals surface area contributed by atoms with Gasteiger partial charge in [0.25, 0.3) is 0 Å². The van der Waals surface area contributed by atoms with Crippen LogP contribution in [-0.4, -0.2) is 11.7 Å². The quantitative estimate of drug-likeness (QED) is 0.398. The van der Waals surface area contributed by atoms with Gasteiger partial charge in [0.15, 0.2) is 0 Å². The highest BCUT2D eigenvalue weighted by Gasteiger charge is 2.65. The van der Waals surface area contributed by atoms with Gasteiger partial charge in [-0.2, -0.15) is 0 Å². The summed E-state index contributed by atoms with van der Waals surface area (Å²) < 4.78 is 5.77. The molecule has 12 heavy (non-hydrogen) atoms. The average molecular weight is 166 g/mol. The summed E-state index contributed by atoms with van der Waals surface area (Å²) in [5.41, 5.74) is 1.68. The second-order valence-electron chi connectivity index (χ2n) is 4.84. The van der Waals surface area contributed by atoms with Crippen LogP contribution in [0.2, 0.25) is 0 Å². The topological polar surface area (TPSA) is 12.5 Å². The minimum absolute atomic E-state index is 0.0469. The number of hydrogen-bond acceptors (Lipinski definition) is 1. The lowest BCUT2D eigenvalue weighted by atomic mass is 9.65. The molecule has 1 nitrogen and oxygen atoms in total. The Morgan fingerprint density at radius 2 is 2.08 bits per heavy atom. The molecule has 68 valence electrons. The fourth-order valence-electron chi connectivity index (χ4n) is 2.92. The maximum absolute atomic E-state index is 5.77. The Labute approximate surface area is 74.8 Å². The van der Waals surface area contributed by atoms with Gasteiger partial charge in [0, 0.05) is 5.41 Å². The van der Waals surface area contributed by atoms with Gasteiger partial charge >= 0.3 is 0 Å².